The van der Waals surface area contributed by atoms with E-state index in [1.54, 1.807) is 0 Å². The van der Waals surface area contributed by atoms with Crippen LogP contribution in [0.25, 0.3) is 0 Å². The van der Waals surface area contributed by atoms with Crippen molar-refractivity contribution in [3.05, 3.63) is 0 Å². The second-order valence-corrected chi connectivity index (χ2v) is 10.0. The maximum absolute atomic E-state index is 11.8. The van der Waals surface area contributed by atoms with Crippen LogP contribution in [0.3, 0.4) is 0 Å². The van der Waals surface area contributed by atoms with Gasteiger partial charge < -0.3 is 5.73 Å². The lowest BCUT2D eigenvalue weighted by molar-refractivity contribution is -0.116. The van der Waals surface area contributed by atoms with Gasteiger partial charge in [0.25, 0.3) is 0 Å². The van der Waals surface area contributed by atoms with E-state index in [9.17, 15) is 9.00 Å². The van der Waals surface area contributed by atoms with Gasteiger partial charge in [0.05, 0.1) is 6.61 Å². The fourth-order valence-electron chi connectivity index (χ4n) is 2.83. The van der Waals surface area contributed by atoms with Crippen LogP contribution in [0.5, 0.6) is 0 Å². The van der Waals surface area contributed by atoms with Gasteiger partial charge in [-0.25, -0.2) is 4.21 Å². The predicted octanol–water partition coefficient (Wildman–Crippen LogP) is 4.67. The van der Waals surface area contributed by atoms with E-state index in [4.69, 9.17) is 21.1 Å². The molecule has 0 heterocycles. The molecule has 0 aromatic rings. The highest BCUT2D eigenvalue weighted by molar-refractivity contribution is 8.30. The number of unbranched alkanes of at least 4 members (excludes halogenated alkanes) is 12. The Morgan fingerprint density at radius 2 is 1.32 bits per heavy atom. The summed E-state index contributed by atoms with van der Waals surface area (Å²) in [7, 11) is -2.91. The minimum absolute atomic E-state index is 0.0555. The Morgan fingerprint density at radius 1 is 0.880 bits per heavy atom. The summed E-state index contributed by atoms with van der Waals surface area (Å²) in [4.78, 5) is 11.8. The van der Waals surface area contributed by atoms with Crippen molar-refractivity contribution in [2.45, 2.75) is 96.8 Å². The van der Waals surface area contributed by atoms with E-state index in [0.717, 1.165) is 12.8 Å². The maximum atomic E-state index is 11.8. The van der Waals surface area contributed by atoms with Crippen LogP contribution in [0.1, 0.15) is 96.8 Å². The van der Waals surface area contributed by atoms with Crippen LogP contribution in [-0.2, 0) is 28.9 Å². The SMILES string of the molecule is CCCCCCCCCCCCCCCC(=O)CS(=O)(=S)OCCN. The fourth-order valence-corrected chi connectivity index (χ4v) is 4.40. The van der Waals surface area contributed by atoms with E-state index in [1.807, 2.05) is 0 Å². The fraction of sp³-hybridized carbons (Fsp3) is 0.947. The quantitative estimate of drug-likeness (QED) is 0.323. The van der Waals surface area contributed by atoms with Gasteiger partial charge in [-0.15, -0.1) is 0 Å². The molecule has 0 radical (unpaired) electrons. The van der Waals surface area contributed by atoms with Gasteiger partial charge in [-0.2, -0.15) is 0 Å². The van der Waals surface area contributed by atoms with E-state index >= 15 is 0 Å². The Kier molecular flexibility index (Phi) is 17.3. The highest BCUT2D eigenvalue weighted by Gasteiger charge is 2.13. The van der Waals surface area contributed by atoms with Gasteiger partial charge in [-0.05, 0) is 6.42 Å². The van der Waals surface area contributed by atoms with E-state index in [-0.39, 0.29) is 24.7 Å². The summed E-state index contributed by atoms with van der Waals surface area (Å²) >= 11 is 4.81. The average molecular weight is 394 g/mol. The zero-order valence-electron chi connectivity index (χ0n) is 16.1. The average Bonchev–Trinajstić information content (AvgIpc) is 2.57. The van der Waals surface area contributed by atoms with Gasteiger partial charge in [0.2, 0.25) is 0 Å². The van der Waals surface area contributed by atoms with E-state index in [0.29, 0.717) is 6.42 Å². The summed E-state index contributed by atoms with van der Waals surface area (Å²) < 4.78 is 16.8. The zero-order chi connectivity index (χ0) is 18.8. The Bertz CT molecular complexity index is 411. The smallest absolute Gasteiger partial charge is 0.151 e. The summed E-state index contributed by atoms with van der Waals surface area (Å²) in [5.74, 6) is -0.208. The summed E-state index contributed by atoms with van der Waals surface area (Å²) in [6.45, 7) is 2.67. The molecular weight excluding hydrogens is 354 g/mol. The molecule has 150 valence electrons. The third-order valence-corrected chi connectivity index (χ3v) is 6.12. The lowest BCUT2D eigenvalue weighted by Gasteiger charge is -2.06. The molecule has 0 aliphatic rings. The van der Waals surface area contributed by atoms with Crippen LogP contribution in [0.15, 0.2) is 0 Å². The van der Waals surface area contributed by atoms with Crippen molar-refractivity contribution >= 4 is 25.7 Å². The van der Waals surface area contributed by atoms with Gasteiger partial charge in [-0.3, -0.25) is 8.98 Å². The molecule has 0 amide bonds. The summed E-state index contributed by atoms with van der Waals surface area (Å²) in [6, 6.07) is 0. The van der Waals surface area contributed by atoms with Crippen LogP contribution in [-0.4, -0.2) is 28.9 Å². The van der Waals surface area contributed by atoms with Crippen molar-refractivity contribution in [1.82, 2.24) is 0 Å². The van der Waals surface area contributed by atoms with Crippen molar-refractivity contribution in [2.75, 3.05) is 18.9 Å². The summed E-state index contributed by atoms with van der Waals surface area (Å²) in [6.07, 6.45) is 17.1. The standard InChI is InChI=1S/C19H39NO3S2/c1-2-3-4-5-6-7-8-9-10-11-12-13-14-15-19(21)18-25(22,24)23-17-16-20/h2-18,20H2,1H3. The molecule has 2 N–H and O–H groups in total. The van der Waals surface area contributed by atoms with Crippen LogP contribution >= 0.6 is 0 Å². The van der Waals surface area contributed by atoms with Crippen LogP contribution in [0.4, 0.5) is 0 Å². The van der Waals surface area contributed by atoms with Crippen molar-refractivity contribution in [2.24, 2.45) is 5.73 Å². The number of hydrogen-bond acceptors (Lipinski definition) is 5. The Balaban J connectivity index is 3.36. The van der Waals surface area contributed by atoms with Crippen molar-refractivity contribution in [3.8, 4) is 0 Å². The molecule has 1 atom stereocenters. The van der Waals surface area contributed by atoms with E-state index in [1.165, 1.54) is 70.6 Å². The number of nitrogens with two attached hydrogens (primary N) is 1. The molecule has 0 aromatic heterocycles. The normalized spacial score (nSPS) is 13.7. The van der Waals surface area contributed by atoms with Crippen LogP contribution in [0.2, 0.25) is 0 Å². The molecule has 0 aliphatic heterocycles. The molecule has 0 rings (SSSR count). The molecule has 0 aliphatic carbocycles. The molecule has 25 heavy (non-hydrogen) atoms. The van der Waals surface area contributed by atoms with Crippen molar-refractivity contribution < 1.29 is 13.2 Å². The largest absolute Gasteiger partial charge is 0.328 e. The number of rotatable bonds is 19. The Morgan fingerprint density at radius 3 is 1.76 bits per heavy atom. The molecule has 4 nitrogen and oxygen atoms in total. The van der Waals surface area contributed by atoms with E-state index in [2.05, 4.69) is 6.92 Å². The van der Waals surface area contributed by atoms with Gasteiger partial charge in [0.15, 0.2) is 8.77 Å². The number of ketones is 1. The van der Waals surface area contributed by atoms with Gasteiger partial charge in [-0.1, -0.05) is 84.0 Å². The lowest BCUT2D eigenvalue weighted by Crippen LogP contribution is -2.20. The molecule has 1 unspecified atom stereocenters. The molecule has 6 heteroatoms. The first-order chi connectivity index (χ1) is 12.0. The third kappa shape index (κ3) is 18.5. The van der Waals surface area contributed by atoms with E-state index < -0.39 is 8.77 Å². The van der Waals surface area contributed by atoms with Gasteiger partial charge in [0.1, 0.15) is 11.5 Å². The molecule has 0 aromatic carbocycles. The Labute approximate surface area is 160 Å². The third-order valence-electron chi connectivity index (χ3n) is 4.28. The Hall–Kier alpha value is -0.0400. The number of Topliss-reactive ketones (excluding diaryl/α,β-unsaturated/α-hetero) is 1. The molecular formula is C19H39NO3S2. The minimum atomic E-state index is -2.91. The monoisotopic (exact) mass is 393 g/mol. The van der Waals surface area contributed by atoms with Crippen molar-refractivity contribution in [3.63, 3.8) is 0 Å². The number of carbonyl (C=O) groups is 1. The summed E-state index contributed by atoms with van der Waals surface area (Å²) in [5.41, 5.74) is 5.27. The van der Waals surface area contributed by atoms with Crippen LogP contribution in [0, 0.1) is 0 Å². The van der Waals surface area contributed by atoms with Gasteiger partial charge >= 0.3 is 0 Å². The lowest BCUT2D eigenvalue weighted by atomic mass is 10.0. The first kappa shape index (κ1) is 25.0. The first-order valence-corrected chi connectivity index (χ1v) is 12.7. The minimum Gasteiger partial charge on any atom is -0.328 e. The second-order valence-electron chi connectivity index (χ2n) is 6.84. The topological polar surface area (TPSA) is 69.4 Å². The van der Waals surface area contributed by atoms with Gasteiger partial charge in [0, 0.05) is 24.2 Å². The molecule has 0 saturated heterocycles. The van der Waals surface area contributed by atoms with Crippen molar-refractivity contribution in [1.29, 1.82) is 0 Å². The summed E-state index contributed by atoms with van der Waals surface area (Å²) in [5, 5.41) is 0. The molecule has 0 fully saturated rings. The number of carbonyl (C=O) groups excluding carboxylic acids is 1. The first-order valence-electron chi connectivity index (χ1n) is 10.1. The zero-order valence-corrected chi connectivity index (χ0v) is 17.8. The number of hydrogen-bond donors (Lipinski definition) is 1. The van der Waals surface area contributed by atoms with Crippen LogP contribution < -0.4 is 5.73 Å². The highest BCUT2D eigenvalue weighted by Crippen LogP contribution is 2.13. The predicted molar refractivity (Wildman–Crippen MR) is 111 cm³/mol. The highest BCUT2D eigenvalue weighted by atomic mass is 32.8. The molecule has 0 spiro atoms. The maximum Gasteiger partial charge on any atom is 0.151 e. The second kappa shape index (κ2) is 17.4. The molecule has 0 bridgehead atoms. The molecule has 0 saturated carbocycles.